The monoisotopic (exact) mass is 320 g/mol. The Balaban J connectivity index is 2.68. The van der Waals surface area contributed by atoms with Gasteiger partial charge in [0.25, 0.3) is 0 Å². The van der Waals surface area contributed by atoms with Crippen LogP contribution in [0.4, 0.5) is 5.69 Å². The Morgan fingerprint density at radius 2 is 1.60 bits per heavy atom. The average molecular weight is 320 g/mol. The molecule has 0 aliphatic heterocycles. The van der Waals surface area contributed by atoms with Crippen molar-refractivity contribution < 1.29 is 16.8 Å². The molecule has 0 spiro atoms. The number of sulfone groups is 1. The lowest BCUT2D eigenvalue weighted by molar-refractivity contribution is 0.582. The molecule has 8 heteroatoms. The van der Waals surface area contributed by atoms with Crippen LogP contribution >= 0.6 is 0 Å². The van der Waals surface area contributed by atoms with Gasteiger partial charge in [-0.25, -0.2) is 21.6 Å². The van der Waals surface area contributed by atoms with Crippen LogP contribution in [-0.2, 0) is 19.9 Å². The van der Waals surface area contributed by atoms with Gasteiger partial charge < -0.3 is 5.32 Å². The summed E-state index contributed by atoms with van der Waals surface area (Å²) in [7, 11) is -6.84. The number of benzene rings is 1. The Kier molecular flexibility index (Phi) is 5.97. The van der Waals surface area contributed by atoms with E-state index in [1.807, 2.05) is 6.92 Å². The molecule has 0 saturated heterocycles. The zero-order valence-electron chi connectivity index (χ0n) is 11.6. The minimum absolute atomic E-state index is 0.119. The summed E-state index contributed by atoms with van der Waals surface area (Å²) < 4.78 is 48.0. The van der Waals surface area contributed by atoms with E-state index in [9.17, 15) is 16.8 Å². The lowest BCUT2D eigenvalue weighted by Gasteiger charge is -2.08. The van der Waals surface area contributed by atoms with Crippen LogP contribution in [0.1, 0.15) is 13.3 Å². The predicted octanol–water partition coefficient (Wildman–Crippen LogP) is 0.831. The van der Waals surface area contributed by atoms with E-state index in [0.29, 0.717) is 0 Å². The van der Waals surface area contributed by atoms with Crippen molar-refractivity contribution in [3.63, 3.8) is 0 Å². The maximum atomic E-state index is 11.9. The minimum Gasteiger partial charge on any atom is -0.385 e. The maximum absolute atomic E-state index is 11.9. The van der Waals surface area contributed by atoms with Gasteiger partial charge in [0.05, 0.1) is 10.6 Å². The van der Waals surface area contributed by atoms with E-state index in [-0.39, 0.29) is 17.2 Å². The number of anilines is 1. The highest BCUT2D eigenvalue weighted by Gasteiger charge is 2.14. The summed E-state index contributed by atoms with van der Waals surface area (Å²) in [4.78, 5) is 0.119. The summed E-state index contributed by atoms with van der Waals surface area (Å²) in [6, 6.07) is 6.34. The van der Waals surface area contributed by atoms with Gasteiger partial charge in [-0.2, -0.15) is 0 Å². The number of nitrogens with one attached hydrogen (secondary N) is 2. The summed E-state index contributed by atoms with van der Waals surface area (Å²) >= 11 is 0. The molecule has 0 unspecified atom stereocenters. The van der Waals surface area contributed by atoms with Gasteiger partial charge in [0.2, 0.25) is 10.0 Å². The lowest BCUT2D eigenvalue weighted by Crippen LogP contribution is -2.28. The molecule has 20 heavy (non-hydrogen) atoms. The Bertz CT molecular complexity index is 622. The molecule has 1 aromatic rings. The highest BCUT2D eigenvalue weighted by Crippen LogP contribution is 2.13. The number of hydrogen-bond donors (Lipinski definition) is 2. The summed E-state index contributed by atoms with van der Waals surface area (Å²) in [5.41, 5.74) is 0.849. The lowest BCUT2D eigenvalue weighted by atomic mass is 10.3. The van der Waals surface area contributed by atoms with Crippen molar-refractivity contribution in [2.75, 3.05) is 30.4 Å². The first-order chi connectivity index (χ1) is 9.24. The average Bonchev–Trinajstić information content (AvgIpc) is 2.35. The fraction of sp³-hybridized carbons (Fsp3) is 0.500. The largest absolute Gasteiger partial charge is 0.385 e. The van der Waals surface area contributed by atoms with Crippen LogP contribution in [0.5, 0.6) is 0 Å². The van der Waals surface area contributed by atoms with E-state index in [0.717, 1.165) is 24.9 Å². The third-order valence-electron chi connectivity index (χ3n) is 2.51. The topological polar surface area (TPSA) is 92.3 Å². The van der Waals surface area contributed by atoms with Crippen molar-refractivity contribution in [2.45, 2.75) is 18.2 Å². The molecule has 0 amide bonds. The summed E-state index contributed by atoms with van der Waals surface area (Å²) in [5.74, 6) is -0.220. The Morgan fingerprint density at radius 3 is 2.10 bits per heavy atom. The molecule has 0 fully saturated rings. The summed E-state index contributed by atoms with van der Waals surface area (Å²) in [6.07, 6.45) is 2.04. The molecule has 0 radical (unpaired) electrons. The molecule has 0 aliphatic carbocycles. The summed E-state index contributed by atoms with van der Waals surface area (Å²) in [5, 5.41) is 3.14. The van der Waals surface area contributed by atoms with Crippen LogP contribution in [0, 0.1) is 0 Å². The zero-order chi connectivity index (χ0) is 15.2. The van der Waals surface area contributed by atoms with Crippen molar-refractivity contribution in [1.82, 2.24) is 4.72 Å². The van der Waals surface area contributed by atoms with Gasteiger partial charge in [0.1, 0.15) is 9.84 Å². The third-order valence-corrected chi connectivity index (χ3v) is 4.93. The van der Waals surface area contributed by atoms with Crippen molar-refractivity contribution in [2.24, 2.45) is 0 Å². The highest BCUT2D eigenvalue weighted by atomic mass is 32.2. The second-order valence-corrected chi connectivity index (χ2v) is 8.51. The minimum atomic E-state index is -3.66. The molecule has 6 nitrogen and oxygen atoms in total. The third kappa shape index (κ3) is 5.89. The van der Waals surface area contributed by atoms with Crippen LogP contribution in [0.25, 0.3) is 0 Å². The first kappa shape index (κ1) is 16.9. The number of sulfonamides is 1. The predicted molar refractivity (Wildman–Crippen MR) is 80.1 cm³/mol. The molecule has 0 bridgehead atoms. The number of rotatable bonds is 8. The second-order valence-electron chi connectivity index (χ2n) is 4.48. The molecular formula is C12H20N2O4S2. The molecule has 1 aromatic carbocycles. The van der Waals surface area contributed by atoms with Crippen molar-refractivity contribution in [1.29, 1.82) is 0 Å². The van der Waals surface area contributed by atoms with Gasteiger partial charge in [-0.1, -0.05) is 6.92 Å². The highest BCUT2D eigenvalue weighted by molar-refractivity contribution is 7.91. The first-order valence-corrected chi connectivity index (χ1v) is 9.80. The molecule has 1 rings (SSSR count). The first-order valence-electron chi connectivity index (χ1n) is 6.26. The van der Waals surface area contributed by atoms with Crippen LogP contribution in [0.2, 0.25) is 0 Å². The Hall–Kier alpha value is -1.12. The van der Waals surface area contributed by atoms with Gasteiger partial charge in [0.15, 0.2) is 0 Å². The van der Waals surface area contributed by atoms with Gasteiger partial charge in [-0.05, 0) is 30.7 Å². The van der Waals surface area contributed by atoms with E-state index in [1.54, 1.807) is 12.1 Å². The molecule has 0 aliphatic rings. The van der Waals surface area contributed by atoms with Gasteiger partial charge in [-0.15, -0.1) is 0 Å². The fourth-order valence-electron chi connectivity index (χ4n) is 1.47. The second kappa shape index (κ2) is 7.05. The van der Waals surface area contributed by atoms with E-state index in [2.05, 4.69) is 10.0 Å². The molecule has 0 saturated carbocycles. The van der Waals surface area contributed by atoms with Crippen LogP contribution < -0.4 is 10.0 Å². The van der Waals surface area contributed by atoms with Crippen molar-refractivity contribution in [3.8, 4) is 0 Å². The van der Waals surface area contributed by atoms with E-state index in [1.165, 1.54) is 12.1 Å². The van der Waals surface area contributed by atoms with Crippen molar-refractivity contribution >= 4 is 25.5 Å². The molecule has 0 atom stereocenters. The zero-order valence-corrected chi connectivity index (χ0v) is 13.2. The quantitative estimate of drug-likeness (QED) is 0.740. The van der Waals surface area contributed by atoms with Crippen LogP contribution in [0.3, 0.4) is 0 Å². The smallest absolute Gasteiger partial charge is 0.240 e. The normalized spacial score (nSPS) is 12.3. The molecule has 0 heterocycles. The van der Waals surface area contributed by atoms with Crippen LogP contribution in [0.15, 0.2) is 29.2 Å². The molecular weight excluding hydrogens is 300 g/mol. The molecule has 114 valence electrons. The standard InChI is InChI=1S/C12H20N2O4S2/c1-3-8-13-11-4-6-12(7-5-11)20(17,18)14-9-10-19(2,15)16/h4-7,13-14H,3,8-10H2,1-2H3. The van der Waals surface area contributed by atoms with E-state index >= 15 is 0 Å². The van der Waals surface area contributed by atoms with E-state index in [4.69, 9.17) is 0 Å². The Morgan fingerprint density at radius 1 is 1.00 bits per heavy atom. The molecule has 0 aromatic heterocycles. The van der Waals surface area contributed by atoms with Crippen LogP contribution in [-0.4, -0.2) is 41.9 Å². The maximum Gasteiger partial charge on any atom is 0.240 e. The molecule has 2 N–H and O–H groups in total. The van der Waals surface area contributed by atoms with Crippen molar-refractivity contribution in [3.05, 3.63) is 24.3 Å². The van der Waals surface area contributed by atoms with E-state index < -0.39 is 19.9 Å². The van der Waals surface area contributed by atoms with Gasteiger partial charge in [-0.3, -0.25) is 0 Å². The Labute approximate surface area is 120 Å². The SMILES string of the molecule is CCCNc1ccc(S(=O)(=O)NCCS(C)(=O)=O)cc1. The van der Waals surface area contributed by atoms with Gasteiger partial charge >= 0.3 is 0 Å². The van der Waals surface area contributed by atoms with Gasteiger partial charge in [0, 0.05) is 25.0 Å². The number of hydrogen-bond acceptors (Lipinski definition) is 5. The summed E-state index contributed by atoms with van der Waals surface area (Å²) in [6.45, 7) is 2.73. The fourth-order valence-corrected chi connectivity index (χ4v) is 3.10.